The molecule has 27 heavy (non-hydrogen) atoms. The van der Waals surface area contributed by atoms with Crippen molar-refractivity contribution in [1.29, 1.82) is 0 Å². The lowest BCUT2D eigenvalue weighted by molar-refractivity contribution is 0.0695. The van der Waals surface area contributed by atoms with E-state index in [2.05, 4.69) is 10.3 Å². The summed E-state index contributed by atoms with van der Waals surface area (Å²) >= 11 is 0. The number of carbonyl (C=O) groups is 1. The molecule has 0 bridgehead atoms. The van der Waals surface area contributed by atoms with E-state index in [-0.39, 0.29) is 22.8 Å². The summed E-state index contributed by atoms with van der Waals surface area (Å²) in [7, 11) is 0. The van der Waals surface area contributed by atoms with E-state index >= 15 is 0 Å². The van der Waals surface area contributed by atoms with E-state index in [0.29, 0.717) is 24.2 Å². The van der Waals surface area contributed by atoms with Crippen LogP contribution in [0.2, 0.25) is 0 Å². The molecule has 5 rings (SSSR count). The van der Waals surface area contributed by atoms with Gasteiger partial charge in [0, 0.05) is 31.4 Å². The van der Waals surface area contributed by atoms with Crippen LogP contribution < -0.4 is 15.6 Å². The average molecular weight is 372 g/mol. The smallest absolute Gasteiger partial charge is 0.341 e. The summed E-state index contributed by atoms with van der Waals surface area (Å²) in [5, 5.41) is 12.9. The second kappa shape index (κ2) is 6.02. The highest BCUT2D eigenvalue weighted by Crippen LogP contribution is 2.37. The predicted octanol–water partition coefficient (Wildman–Crippen LogP) is 1.76. The molecule has 8 heteroatoms. The van der Waals surface area contributed by atoms with Gasteiger partial charge in [0.05, 0.1) is 5.39 Å². The molecule has 2 saturated heterocycles. The molecule has 0 aromatic carbocycles. The average Bonchev–Trinajstić information content (AvgIpc) is 3.39. The van der Waals surface area contributed by atoms with E-state index < -0.39 is 17.2 Å². The molecule has 2 unspecified atom stereocenters. The molecule has 3 aliphatic rings. The number of halogens is 1. The molecule has 4 heterocycles. The third kappa shape index (κ3) is 2.70. The van der Waals surface area contributed by atoms with E-state index in [1.54, 1.807) is 4.57 Å². The van der Waals surface area contributed by atoms with Crippen LogP contribution in [0.4, 0.5) is 10.2 Å². The van der Waals surface area contributed by atoms with E-state index in [1.807, 2.05) is 4.90 Å². The maximum Gasteiger partial charge on any atom is 0.341 e. The molecule has 2 aromatic heterocycles. The molecule has 142 valence electrons. The molecule has 7 nitrogen and oxygen atoms in total. The molecule has 2 atom stereocenters. The molecule has 3 fully saturated rings. The highest BCUT2D eigenvalue weighted by molar-refractivity contribution is 5.92. The van der Waals surface area contributed by atoms with Gasteiger partial charge in [-0.1, -0.05) is 0 Å². The highest BCUT2D eigenvalue weighted by atomic mass is 19.1. The quantitative estimate of drug-likeness (QED) is 0.854. The van der Waals surface area contributed by atoms with Crippen LogP contribution in [0.3, 0.4) is 0 Å². The topological polar surface area (TPSA) is 87.5 Å². The number of anilines is 1. The number of aromatic carboxylic acids is 1. The van der Waals surface area contributed by atoms with Crippen molar-refractivity contribution in [1.82, 2.24) is 14.9 Å². The number of hydrogen-bond donors (Lipinski definition) is 2. The van der Waals surface area contributed by atoms with Crippen LogP contribution in [0.15, 0.2) is 17.1 Å². The van der Waals surface area contributed by atoms with Crippen LogP contribution in [-0.4, -0.2) is 46.3 Å². The van der Waals surface area contributed by atoms with Crippen LogP contribution in [0, 0.1) is 11.7 Å². The maximum absolute atomic E-state index is 14.9. The van der Waals surface area contributed by atoms with Crippen molar-refractivity contribution >= 4 is 22.8 Å². The van der Waals surface area contributed by atoms with Gasteiger partial charge in [0.1, 0.15) is 11.2 Å². The van der Waals surface area contributed by atoms with Crippen LogP contribution >= 0.6 is 0 Å². The molecule has 2 N–H and O–H groups in total. The van der Waals surface area contributed by atoms with Crippen LogP contribution in [0.1, 0.15) is 42.1 Å². The van der Waals surface area contributed by atoms with Gasteiger partial charge in [0.2, 0.25) is 5.43 Å². The van der Waals surface area contributed by atoms with Crippen LogP contribution in [-0.2, 0) is 0 Å². The molecular weight excluding hydrogens is 351 g/mol. The van der Waals surface area contributed by atoms with Gasteiger partial charge in [0.15, 0.2) is 11.6 Å². The lowest BCUT2D eigenvalue weighted by Crippen LogP contribution is -2.40. The van der Waals surface area contributed by atoms with Crippen molar-refractivity contribution in [3.8, 4) is 0 Å². The Morgan fingerprint density at radius 3 is 2.81 bits per heavy atom. The normalized spacial score (nSPS) is 25.0. The number of piperidine rings is 1. The van der Waals surface area contributed by atoms with Crippen molar-refractivity contribution in [2.75, 3.05) is 24.5 Å². The monoisotopic (exact) mass is 372 g/mol. The molecule has 1 saturated carbocycles. The van der Waals surface area contributed by atoms with Crippen molar-refractivity contribution in [3.63, 3.8) is 0 Å². The second-order valence-electron chi connectivity index (χ2n) is 7.85. The lowest BCUT2D eigenvalue weighted by atomic mass is 9.94. The largest absolute Gasteiger partial charge is 0.477 e. The first-order valence-corrected chi connectivity index (χ1v) is 9.50. The number of nitrogens with one attached hydrogen (secondary N) is 1. The van der Waals surface area contributed by atoms with Gasteiger partial charge >= 0.3 is 5.97 Å². The Balaban J connectivity index is 1.64. The summed E-state index contributed by atoms with van der Waals surface area (Å²) in [6.07, 6.45) is 5.43. The van der Waals surface area contributed by atoms with Gasteiger partial charge in [-0.2, -0.15) is 0 Å². The van der Waals surface area contributed by atoms with Crippen molar-refractivity contribution in [3.05, 3.63) is 33.9 Å². The molecular formula is C19H21FN4O3. The van der Waals surface area contributed by atoms with Crippen molar-refractivity contribution in [2.45, 2.75) is 37.8 Å². The number of aromatic nitrogens is 2. The van der Waals surface area contributed by atoms with Crippen LogP contribution in [0.5, 0.6) is 0 Å². The van der Waals surface area contributed by atoms with Gasteiger partial charge in [-0.25, -0.2) is 14.2 Å². The Labute approximate surface area is 154 Å². The second-order valence-corrected chi connectivity index (χ2v) is 7.85. The predicted molar refractivity (Wildman–Crippen MR) is 97.9 cm³/mol. The number of hydrogen-bond acceptors (Lipinski definition) is 5. The highest BCUT2D eigenvalue weighted by Gasteiger charge is 2.36. The minimum Gasteiger partial charge on any atom is -0.477 e. The van der Waals surface area contributed by atoms with E-state index in [9.17, 15) is 19.1 Å². The van der Waals surface area contributed by atoms with E-state index in [4.69, 9.17) is 0 Å². The SMILES string of the molecule is O=C(O)c1cn(C2CC2)c2nc(N3CC4CCCNC4C3)c(F)cc2c1=O. The number of carboxylic acids is 1. The zero-order valence-electron chi connectivity index (χ0n) is 14.8. The molecule has 2 aliphatic heterocycles. The minimum atomic E-state index is -1.30. The Bertz CT molecular complexity index is 987. The number of rotatable bonds is 3. The lowest BCUT2D eigenvalue weighted by Gasteiger charge is -2.24. The number of fused-ring (bicyclic) bond motifs is 2. The third-order valence-corrected chi connectivity index (χ3v) is 6.01. The minimum absolute atomic E-state index is 0.0396. The van der Waals surface area contributed by atoms with Gasteiger partial charge in [-0.15, -0.1) is 0 Å². The standard InChI is InChI=1S/C19H21FN4O3/c20-14-6-12-16(25)13(19(26)27)8-24(11-3-4-11)17(12)22-18(14)23-7-10-2-1-5-21-15(10)9-23/h6,8,10-11,15,21H,1-5,7,9H2,(H,26,27). The molecule has 1 aliphatic carbocycles. The van der Waals surface area contributed by atoms with Gasteiger partial charge in [-0.05, 0) is 44.2 Å². The molecule has 0 amide bonds. The summed E-state index contributed by atoms with van der Waals surface area (Å²) in [5.41, 5.74) is -0.629. The van der Waals surface area contributed by atoms with Crippen LogP contribution in [0.25, 0.3) is 11.0 Å². The summed E-state index contributed by atoms with van der Waals surface area (Å²) in [6, 6.07) is 1.64. The number of nitrogens with zero attached hydrogens (tertiary/aromatic N) is 3. The Morgan fingerprint density at radius 1 is 1.30 bits per heavy atom. The fourth-order valence-electron chi connectivity index (χ4n) is 4.46. The van der Waals surface area contributed by atoms with E-state index in [0.717, 1.165) is 38.8 Å². The summed E-state index contributed by atoms with van der Waals surface area (Å²) < 4.78 is 16.6. The summed E-state index contributed by atoms with van der Waals surface area (Å²) in [6.45, 7) is 2.43. The summed E-state index contributed by atoms with van der Waals surface area (Å²) in [4.78, 5) is 30.4. The Morgan fingerprint density at radius 2 is 2.11 bits per heavy atom. The van der Waals surface area contributed by atoms with E-state index in [1.165, 1.54) is 12.3 Å². The first-order chi connectivity index (χ1) is 13.0. The van der Waals surface area contributed by atoms with Crippen molar-refractivity contribution in [2.24, 2.45) is 5.92 Å². The molecule has 2 aromatic rings. The fraction of sp³-hybridized carbons (Fsp3) is 0.526. The molecule has 0 spiro atoms. The summed E-state index contributed by atoms with van der Waals surface area (Å²) in [5.74, 6) is -1.12. The van der Waals surface area contributed by atoms with Crippen molar-refractivity contribution < 1.29 is 14.3 Å². The van der Waals surface area contributed by atoms with Gasteiger partial charge in [0.25, 0.3) is 0 Å². The first kappa shape index (κ1) is 16.7. The Kier molecular flexibility index (Phi) is 3.72. The molecule has 0 radical (unpaired) electrons. The maximum atomic E-state index is 14.9. The van der Waals surface area contributed by atoms with Gasteiger partial charge in [-0.3, -0.25) is 4.79 Å². The Hall–Kier alpha value is -2.48. The zero-order valence-corrected chi connectivity index (χ0v) is 14.8. The number of carboxylic acid groups (broad SMARTS) is 1. The zero-order chi connectivity index (χ0) is 18.7. The van der Waals surface area contributed by atoms with Gasteiger partial charge < -0.3 is 19.9 Å². The number of pyridine rings is 2. The first-order valence-electron chi connectivity index (χ1n) is 9.50. The fourth-order valence-corrected chi connectivity index (χ4v) is 4.46. The third-order valence-electron chi connectivity index (χ3n) is 6.01.